The molecular formula is C19H23NO4. The summed E-state index contributed by atoms with van der Waals surface area (Å²) in [5.74, 6) is 0.0441. The number of hydrogen-bond donors (Lipinski definition) is 1. The summed E-state index contributed by atoms with van der Waals surface area (Å²) < 4.78 is 5.84. The van der Waals surface area contributed by atoms with E-state index in [-0.39, 0.29) is 11.8 Å². The van der Waals surface area contributed by atoms with E-state index < -0.39 is 11.6 Å². The maximum atomic E-state index is 12.6. The quantitative estimate of drug-likeness (QED) is 0.922. The molecule has 5 nitrogen and oxygen atoms in total. The lowest BCUT2D eigenvalue weighted by Crippen LogP contribution is -2.54. The van der Waals surface area contributed by atoms with Crippen LogP contribution in [0.15, 0.2) is 30.3 Å². The molecule has 1 N–H and O–H groups in total. The standard InChI is InChI=1S/C19H23NO4/c21-16(15-13-18(15)7-4-8-18)20-11-9-19(10-12-20,17(22)23)24-14-5-2-1-3-6-14/h1-3,5-6,15H,4,7-13H2,(H,22,23). The van der Waals surface area contributed by atoms with Gasteiger partial charge in [0.1, 0.15) is 5.75 Å². The van der Waals surface area contributed by atoms with Crippen molar-refractivity contribution in [1.29, 1.82) is 0 Å². The number of ether oxygens (including phenoxy) is 1. The van der Waals surface area contributed by atoms with Crippen molar-refractivity contribution < 1.29 is 19.4 Å². The molecule has 5 heteroatoms. The smallest absolute Gasteiger partial charge is 0.348 e. The Labute approximate surface area is 141 Å². The van der Waals surface area contributed by atoms with Crippen LogP contribution in [-0.4, -0.2) is 40.6 Å². The van der Waals surface area contributed by atoms with Crippen LogP contribution in [0.3, 0.4) is 0 Å². The Morgan fingerprint density at radius 2 is 1.75 bits per heavy atom. The van der Waals surface area contributed by atoms with Gasteiger partial charge in [-0.3, -0.25) is 4.79 Å². The van der Waals surface area contributed by atoms with Crippen LogP contribution in [0.4, 0.5) is 0 Å². The minimum absolute atomic E-state index is 0.193. The number of piperidine rings is 1. The number of carboxylic acid groups (broad SMARTS) is 1. The van der Waals surface area contributed by atoms with E-state index in [4.69, 9.17) is 4.74 Å². The summed E-state index contributed by atoms with van der Waals surface area (Å²) in [7, 11) is 0. The van der Waals surface area contributed by atoms with Gasteiger partial charge in [0.15, 0.2) is 0 Å². The van der Waals surface area contributed by atoms with Gasteiger partial charge in [0.05, 0.1) is 0 Å². The van der Waals surface area contributed by atoms with Crippen LogP contribution in [0.25, 0.3) is 0 Å². The highest BCUT2D eigenvalue weighted by Gasteiger charge is 2.62. The van der Waals surface area contributed by atoms with Crippen LogP contribution in [-0.2, 0) is 9.59 Å². The van der Waals surface area contributed by atoms with Gasteiger partial charge < -0.3 is 14.7 Å². The minimum Gasteiger partial charge on any atom is -0.478 e. The predicted octanol–water partition coefficient (Wildman–Crippen LogP) is 2.70. The lowest BCUT2D eigenvalue weighted by Gasteiger charge is -2.39. The van der Waals surface area contributed by atoms with Gasteiger partial charge >= 0.3 is 5.97 Å². The second kappa shape index (κ2) is 5.50. The number of carbonyl (C=O) groups excluding carboxylic acids is 1. The molecule has 0 aromatic heterocycles. The molecule has 3 aliphatic rings. The molecule has 1 aliphatic heterocycles. The average molecular weight is 329 g/mol. The number of aliphatic carboxylic acids is 1. The predicted molar refractivity (Wildman–Crippen MR) is 87.6 cm³/mol. The number of nitrogens with zero attached hydrogens (tertiary/aromatic N) is 1. The topological polar surface area (TPSA) is 66.8 Å². The van der Waals surface area contributed by atoms with Crippen LogP contribution in [0.5, 0.6) is 5.75 Å². The zero-order valence-corrected chi connectivity index (χ0v) is 13.7. The second-order valence-corrected chi connectivity index (χ2v) is 7.51. The second-order valence-electron chi connectivity index (χ2n) is 7.51. The van der Waals surface area contributed by atoms with E-state index in [1.165, 1.54) is 19.3 Å². The first-order chi connectivity index (χ1) is 11.5. The van der Waals surface area contributed by atoms with Crippen LogP contribution in [0.1, 0.15) is 38.5 Å². The fourth-order valence-electron chi connectivity index (χ4n) is 4.26. The monoisotopic (exact) mass is 329 g/mol. The maximum absolute atomic E-state index is 12.6. The summed E-state index contributed by atoms with van der Waals surface area (Å²) in [4.78, 5) is 26.3. The molecule has 1 atom stereocenters. The van der Waals surface area contributed by atoms with E-state index in [0.717, 1.165) is 6.42 Å². The minimum atomic E-state index is -1.23. The normalized spacial score (nSPS) is 26.5. The van der Waals surface area contributed by atoms with Crippen molar-refractivity contribution in [3.05, 3.63) is 30.3 Å². The van der Waals surface area contributed by atoms with Crippen molar-refractivity contribution in [3.63, 3.8) is 0 Å². The summed E-state index contributed by atoms with van der Waals surface area (Å²) in [5, 5.41) is 9.70. The molecule has 1 saturated heterocycles. The Kier molecular flexibility index (Phi) is 3.55. The molecule has 2 saturated carbocycles. The number of amides is 1. The molecule has 1 aromatic carbocycles. The van der Waals surface area contributed by atoms with E-state index in [1.54, 1.807) is 12.1 Å². The highest BCUT2D eigenvalue weighted by molar-refractivity contribution is 5.84. The number of para-hydroxylation sites is 1. The van der Waals surface area contributed by atoms with Crippen molar-refractivity contribution in [2.45, 2.75) is 44.1 Å². The third-order valence-electron chi connectivity index (χ3n) is 6.17. The number of likely N-dealkylation sites (tertiary alicyclic amines) is 1. The molecule has 128 valence electrons. The van der Waals surface area contributed by atoms with Crippen LogP contribution in [0.2, 0.25) is 0 Å². The zero-order valence-electron chi connectivity index (χ0n) is 13.7. The molecule has 3 fully saturated rings. The summed E-state index contributed by atoms with van der Waals surface area (Å²) in [5.41, 5.74) is -0.908. The highest BCUT2D eigenvalue weighted by atomic mass is 16.5. The molecule has 0 bridgehead atoms. The summed E-state index contributed by atoms with van der Waals surface area (Å²) in [6.45, 7) is 0.926. The Morgan fingerprint density at radius 1 is 1.08 bits per heavy atom. The van der Waals surface area contributed by atoms with Gasteiger partial charge in [0.2, 0.25) is 11.5 Å². The molecule has 24 heavy (non-hydrogen) atoms. The first-order valence-corrected chi connectivity index (χ1v) is 8.81. The number of benzene rings is 1. The first-order valence-electron chi connectivity index (χ1n) is 8.81. The SMILES string of the molecule is O=C(C1CC12CCC2)N1CCC(Oc2ccccc2)(C(=O)O)CC1. The van der Waals surface area contributed by atoms with E-state index in [1.807, 2.05) is 23.1 Å². The molecule has 2 aliphatic carbocycles. The van der Waals surface area contributed by atoms with E-state index >= 15 is 0 Å². The lowest BCUT2D eigenvalue weighted by atomic mass is 9.79. The number of rotatable bonds is 4. The zero-order chi connectivity index (χ0) is 16.8. The maximum Gasteiger partial charge on any atom is 0.348 e. The largest absolute Gasteiger partial charge is 0.478 e. The number of hydrogen-bond acceptors (Lipinski definition) is 3. The Bertz CT molecular complexity index is 645. The van der Waals surface area contributed by atoms with Crippen LogP contribution in [0, 0.1) is 11.3 Å². The van der Waals surface area contributed by atoms with Crippen LogP contribution < -0.4 is 4.74 Å². The number of carbonyl (C=O) groups is 2. The summed E-state index contributed by atoms with van der Waals surface area (Å²) in [6, 6.07) is 9.07. The molecule has 4 rings (SSSR count). The van der Waals surface area contributed by atoms with Gasteiger partial charge in [-0.15, -0.1) is 0 Å². The first kappa shape index (κ1) is 15.5. The molecule has 0 radical (unpaired) electrons. The summed E-state index contributed by atoms with van der Waals surface area (Å²) in [6.07, 6.45) is 5.33. The molecule has 1 heterocycles. The summed E-state index contributed by atoms with van der Waals surface area (Å²) >= 11 is 0. The average Bonchev–Trinajstić information content (AvgIpc) is 3.32. The van der Waals surface area contributed by atoms with E-state index in [9.17, 15) is 14.7 Å². The third kappa shape index (κ3) is 2.46. The third-order valence-corrected chi connectivity index (χ3v) is 6.17. The van der Waals surface area contributed by atoms with E-state index in [2.05, 4.69) is 0 Å². The lowest BCUT2D eigenvalue weighted by molar-refractivity contribution is -0.162. The number of carboxylic acids is 1. The molecule has 1 amide bonds. The van der Waals surface area contributed by atoms with Crippen molar-refractivity contribution in [3.8, 4) is 5.75 Å². The fourth-order valence-corrected chi connectivity index (χ4v) is 4.26. The van der Waals surface area contributed by atoms with Gasteiger partial charge in [-0.25, -0.2) is 4.79 Å². The van der Waals surface area contributed by atoms with Gasteiger partial charge in [0.25, 0.3) is 0 Å². The van der Waals surface area contributed by atoms with Crippen LogP contribution >= 0.6 is 0 Å². The Hall–Kier alpha value is -2.04. The van der Waals surface area contributed by atoms with E-state index in [0.29, 0.717) is 37.1 Å². The fraction of sp³-hybridized carbons (Fsp3) is 0.579. The molecule has 1 spiro atoms. The molecular weight excluding hydrogens is 306 g/mol. The highest BCUT2D eigenvalue weighted by Crippen LogP contribution is 2.66. The Morgan fingerprint density at radius 3 is 2.25 bits per heavy atom. The van der Waals surface area contributed by atoms with Crippen molar-refractivity contribution in [2.75, 3.05) is 13.1 Å². The Balaban J connectivity index is 1.41. The van der Waals surface area contributed by atoms with Crippen molar-refractivity contribution >= 4 is 11.9 Å². The van der Waals surface area contributed by atoms with Crippen molar-refractivity contribution in [1.82, 2.24) is 4.90 Å². The molecule has 1 unspecified atom stereocenters. The van der Waals surface area contributed by atoms with Crippen molar-refractivity contribution in [2.24, 2.45) is 11.3 Å². The van der Waals surface area contributed by atoms with Gasteiger partial charge in [-0.2, -0.15) is 0 Å². The molecule has 1 aromatic rings. The van der Waals surface area contributed by atoms with Gasteiger partial charge in [0, 0.05) is 31.8 Å². The van der Waals surface area contributed by atoms with Gasteiger partial charge in [-0.1, -0.05) is 24.6 Å². The van der Waals surface area contributed by atoms with Gasteiger partial charge in [-0.05, 0) is 36.8 Å².